The molecular formula is C19H20N6O2. The molecule has 0 atom stereocenters. The molecule has 3 heterocycles. The van der Waals surface area contributed by atoms with Crippen LogP contribution in [-0.4, -0.2) is 44.6 Å². The minimum absolute atomic E-state index is 0.0267. The molecule has 0 radical (unpaired) electrons. The van der Waals surface area contributed by atoms with Crippen molar-refractivity contribution in [3.8, 4) is 0 Å². The average molecular weight is 364 g/mol. The smallest absolute Gasteiger partial charge is 0.261 e. The molecule has 8 heteroatoms. The van der Waals surface area contributed by atoms with E-state index in [1.165, 1.54) is 10.9 Å². The lowest BCUT2D eigenvalue weighted by atomic mass is 10.1. The molecule has 1 amide bonds. The molecule has 138 valence electrons. The second-order valence-electron chi connectivity index (χ2n) is 6.59. The van der Waals surface area contributed by atoms with Crippen molar-refractivity contribution >= 4 is 22.6 Å². The van der Waals surface area contributed by atoms with Crippen LogP contribution in [0.3, 0.4) is 0 Å². The summed E-state index contributed by atoms with van der Waals surface area (Å²) in [5.74, 6) is 0.684. The molecule has 0 bridgehead atoms. The molecule has 1 aliphatic heterocycles. The average Bonchev–Trinajstić information content (AvgIpc) is 2.71. The molecule has 3 aromatic rings. The number of piperidine rings is 1. The summed E-state index contributed by atoms with van der Waals surface area (Å²) in [5.41, 5.74) is 0.434. The summed E-state index contributed by atoms with van der Waals surface area (Å²) in [7, 11) is 0. The minimum Gasteiger partial charge on any atom is -0.355 e. The maximum absolute atomic E-state index is 12.5. The number of anilines is 1. The second-order valence-corrected chi connectivity index (χ2v) is 6.59. The largest absolute Gasteiger partial charge is 0.355 e. The van der Waals surface area contributed by atoms with E-state index in [0.29, 0.717) is 10.9 Å². The molecule has 27 heavy (non-hydrogen) atoms. The Labute approximate surface area is 155 Å². The first-order chi connectivity index (χ1) is 13.2. The maximum atomic E-state index is 12.5. The van der Waals surface area contributed by atoms with Gasteiger partial charge in [-0.25, -0.2) is 9.97 Å². The number of rotatable bonds is 4. The molecule has 1 saturated heterocycles. The molecule has 1 aromatic carbocycles. The fourth-order valence-corrected chi connectivity index (χ4v) is 3.35. The Balaban J connectivity index is 1.35. The molecule has 0 spiro atoms. The van der Waals surface area contributed by atoms with Crippen LogP contribution in [0.1, 0.15) is 12.8 Å². The molecule has 0 unspecified atom stereocenters. The summed E-state index contributed by atoms with van der Waals surface area (Å²) >= 11 is 0. The summed E-state index contributed by atoms with van der Waals surface area (Å²) in [5, 5.41) is 3.54. The van der Waals surface area contributed by atoms with Crippen LogP contribution in [0.4, 0.5) is 5.82 Å². The van der Waals surface area contributed by atoms with Crippen LogP contribution in [0.25, 0.3) is 10.9 Å². The van der Waals surface area contributed by atoms with Gasteiger partial charge >= 0.3 is 0 Å². The fourth-order valence-electron chi connectivity index (χ4n) is 3.35. The summed E-state index contributed by atoms with van der Waals surface area (Å²) in [6, 6.07) is 7.22. The van der Waals surface area contributed by atoms with E-state index in [-0.39, 0.29) is 24.1 Å². The number of fused-ring (bicyclic) bond motifs is 1. The van der Waals surface area contributed by atoms with Crippen molar-refractivity contribution in [3.05, 3.63) is 59.5 Å². The summed E-state index contributed by atoms with van der Waals surface area (Å²) in [4.78, 5) is 39.7. The number of benzene rings is 1. The number of nitrogens with zero attached hydrogens (tertiary/aromatic N) is 5. The first kappa shape index (κ1) is 17.1. The predicted molar refractivity (Wildman–Crippen MR) is 101 cm³/mol. The monoisotopic (exact) mass is 364 g/mol. The Morgan fingerprint density at radius 2 is 1.96 bits per heavy atom. The SMILES string of the molecule is O=C(Cn1cnc2ccccc2c1=O)NC1CCN(c2cnccn2)CC1. The lowest BCUT2D eigenvalue weighted by Gasteiger charge is -2.32. The number of carbonyl (C=O) groups is 1. The fraction of sp³-hybridized carbons (Fsp3) is 0.316. The molecule has 4 rings (SSSR count). The van der Waals surface area contributed by atoms with Crippen molar-refractivity contribution < 1.29 is 4.79 Å². The van der Waals surface area contributed by atoms with Gasteiger partial charge in [-0.2, -0.15) is 0 Å². The van der Waals surface area contributed by atoms with E-state index in [4.69, 9.17) is 0 Å². The highest BCUT2D eigenvalue weighted by Gasteiger charge is 2.21. The van der Waals surface area contributed by atoms with Crippen molar-refractivity contribution in [2.75, 3.05) is 18.0 Å². The van der Waals surface area contributed by atoms with Crippen LogP contribution in [0.5, 0.6) is 0 Å². The van der Waals surface area contributed by atoms with Gasteiger partial charge in [0.1, 0.15) is 12.4 Å². The Morgan fingerprint density at radius 1 is 1.15 bits per heavy atom. The lowest BCUT2D eigenvalue weighted by molar-refractivity contribution is -0.122. The molecule has 8 nitrogen and oxygen atoms in total. The molecular weight excluding hydrogens is 344 g/mol. The van der Waals surface area contributed by atoms with Gasteiger partial charge in [-0.15, -0.1) is 0 Å². The van der Waals surface area contributed by atoms with E-state index in [1.807, 2.05) is 6.07 Å². The zero-order valence-corrected chi connectivity index (χ0v) is 14.8. The van der Waals surface area contributed by atoms with Crippen LogP contribution < -0.4 is 15.8 Å². The third-order valence-electron chi connectivity index (χ3n) is 4.78. The van der Waals surface area contributed by atoms with Crippen molar-refractivity contribution in [2.45, 2.75) is 25.4 Å². The molecule has 1 N–H and O–H groups in total. The van der Waals surface area contributed by atoms with Gasteiger partial charge in [0.25, 0.3) is 5.56 Å². The third-order valence-corrected chi connectivity index (χ3v) is 4.78. The Morgan fingerprint density at radius 3 is 2.74 bits per heavy atom. The highest BCUT2D eigenvalue weighted by Crippen LogP contribution is 2.16. The van der Waals surface area contributed by atoms with Gasteiger partial charge in [0, 0.05) is 31.5 Å². The van der Waals surface area contributed by atoms with Crippen LogP contribution >= 0.6 is 0 Å². The Bertz CT molecular complexity index is 996. The van der Waals surface area contributed by atoms with Gasteiger partial charge in [-0.05, 0) is 25.0 Å². The number of carbonyl (C=O) groups excluding carboxylic acids is 1. The van der Waals surface area contributed by atoms with Crippen molar-refractivity contribution in [2.24, 2.45) is 0 Å². The number of amides is 1. The van der Waals surface area contributed by atoms with Crippen LogP contribution in [0, 0.1) is 0 Å². The van der Waals surface area contributed by atoms with E-state index in [0.717, 1.165) is 31.7 Å². The van der Waals surface area contributed by atoms with Crippen molar-refractivity contribution in [1.82, 2.24) is 24.8 Å². The van der Waals surface area contributed by atoms with Gasteiger partial charge in [0.2, 0.25) is 5.91 Å². The number of hydrogen-bond acceptors (Lipinski definition) is 6. The van der Waals surface area contributed by atoms with E-state index >= 15 is 0 Å². The van der Waals surface area contributed by atoms with E-state index in [2.05, 4.69) is 25.2 Å². The van der Waals surface area contributed by atoms with E-state index in [1.54, 1.807) is 36.8 Å². The van der Waals surface area contributed by atoms with Crippen LogP contribution in [0.2, 0.25) is 0 Å². The number of hydrogen-bond donors (Lipinski definition) is 1. The highest BCUT2D eigenvalue weighted by molar-refractivity contribution is 5.79. The molecule has 1 aliphatic rings. The number of para-hydroxylation sites is 1. The second kappa shape index (κ2) is 7.53. The standard InChI is InChI=1S/C19H20N6O2/c26-18(12-25-13-22-16-4-2-1-3-15(16)19(25)27)23-14-5-9-24(10-6-14)17-11-20-7-8-21-17/h1-4,7-8,11,13-14H,5-6,9-10,12H2,(H,23,26). The number of aromatic nitrogens is 4. The highest BCUT2D eigenvalue weighted by atomic mass is 16.2. The third kappa shape index (κ3) is 3.79. The summed E-state index contributed by atoms with van der Waals surface area (Å²) in [6.07, 6.45) is 8.16. The van der Waals surface area contributed by atoms with Gasteiger partial charge in [-0.1, -0.05) is 12.1 Å². The zero-order valence-electron chi connectivity index (χ0n) is 14.8. The maximum Gasteiger partial charge on any atom is 0.261 e. The topological polar surface area (TPSA) is 93.0 Å². The zero-order chi connectivity index (χ0) is 18.6. The normalized spacial score (nSPS) is 15.0. The molecule has 2 aromatic heterocycles. The molecule has 0 saturated carbocycles. The predicted octanol–water partition coefficient (Wildman–Crippen LogP) is 0.972. The van der Waals surface area contributed by atoms with Gasteiger partial charge in [0.05, 0.1) is 23.4 Å². The quantitative estimate of drug-likeness (QED) is 0.742. The van der Waals surface area contributed by atoms with Gasteiger partial charge in [0.15, 0.2) is 0 Å². The Hall–Kier alpha value is -3.29. The lowest BCUT2D eigenvalue weighted by Crippen LogP contribution is -2.46. The van der Waals surface area contributed by atoms with Gasteiger partial charge in [-0.3, -0.25) is 19.1 Å². The Kier molecular flexibility index (Phi) is 4.78. The van der Waals surface area contributed by atoms with Crippen molar-refractivity contribution in [1.29, 1.82) is 0 Å². The number of nitrogens with one attached hydrogen (secondary N) is 1. The van der Waals surface area contributed by atoms with E-state index < -0.39 is 0 Å². The van der Waals surface area contributed by atoms with Crippen LogP contribution in [0.15, 0.2) is 54.0 Å². The first-order valence-corrected chi connectivity index (χ1v) is 8.95. The summed E-state index contributed by atoms with van der Waals surface area (Å²) < 4.78 is 1.35. The molecule has 0 aliphatic carbocycles. The summed E-state index contributed by atoms with van der Waals surface area (Å²) in [6.45, 7) is 1.59. The van der Waals surface area contributed by atoms with Crippen LogP contribution in [-0.2, 0) is 11.3 Å². The molecule has 1 fully saturated rings. The minimum atomic E-state index is -0.201. The first-order valence-electron chi connectivity index (χ1n) is 8.95. The van der Waals surface area contributed by atoms with Gasteiger partial charge < -0.3 is 10.2 Å². The van der Waals surface area contributed by atoms with Crippen molar-refractivity contribution in [3.63, 3.8) is 0 Å². The van der Waals surface area contributed by atoms with E-state index in [9.17, 15) is 9.59 Å².